The summed E-state index contributed by atoms with van der Waals surface area (Å²) < 4.78 is 0. The number of amides is 2. The van der Waals surface area contributed by atoms with Gasteiger partial charge < -0.3 is 16.0 Å². The molecule has 24 heavy (non-hydrogen) atoms. The lowest BCUT2D eigenvalue weighted by molar-refractivity contribution is -0.138. The number of anilines is 1. The Balaban J connectivity index is 0.00000288. The number of carbonyl (C=O) groups excluding carboxylic acids is 2. The Morgan fingerprint density at radius 2 is 1.88 bits per heavy atom. The number of para-hydroxylation sites is 1. The summed E-state index contributed by atoms with van der Waals surface area (Å²) in [6.07, 6.45) is 3.57. The molecule has 3 N–H and O–H groups in total. The number of hydrogen-bond acceptors (Lipinski definition) is 3. The van der Waals surface area contributed by atoms with Crippen LogP contribution in [0.4, 0.5) is 5.69 Å². The first-order chi connectivity index (χ1) is 10.9. The summed E-state index contributed by atoms with van der Waals surface area (Å²) >= 11 is 0. The molecule has 0 aromatic heterocycles. The van der Waals surface area contributed by atoms with E-state index in [9.17, 15) is 9.59 Å². The number of benzene rings is 1. The number of rotatable bonds is 4. The number of carbonyl (C=O) groups is 2. The lowest BCUT2D eigenvalue weighted by Crippen LogP contribution is -2.42. The van der Waals surface area contributed by atoms with E-state index in [-0.39, 0.29) is 42.7 Å². The third-order valence-electron chi connectivity index (χ3n) is 4.57. The standard InChI is InChI=1S/C18H27N3O2.ClH/c1-12-6-4-7-13(2)17(12)20-16(22)11-21(3)18(23)14-8-5-9-15(19)10-14;/h4,6-7,14-15H,5,8-11,19H2,1-3H3,(H,20,22);1H. The van der Waals surface area contributed by atoms with Crippen molar-refractivity contribution >= 4 is 29.9 Å². The summed E-state index contributed by atoms with van der Waals surface area (Å²) in [7, 11) is 1.69. The van der Waals surface area contributed by atoms with Crippen LogP contribution in [-0.4, -0.2) is 36.3 Å². The maximum absolute atomic E-state index is 12.5. The number of halogens is 1. The molecule has 1 fully saturated rings. The van der Waals surface area contributed by atoms with E-state index in [4.69, 9.17) is 5.73 Å². The molecule has 2 atom stereocenters. The molecular weight excluding hydrogens is 326 g/mol. The summed E-state index contributed by atoms with van der Waals surface area (Å²) in [6.45, 7) is 3.99. The van der Waals surface area contributed by atoms with Crippen molar-refractivity contribution in [3.05, 3.63) is 29.3 Å². The Kier molecular flexibility index (Phi) is 7.70. The fraction of sp³-hybridized carbons (Fsp3) is 0.556. The zero-order valence-electron chi connectivity index (χ0n) is 14.7. The van der Waals surface area contributed by atoms with Gasteiger partial charge in [-0.2, -0.15) is 0 Å². The fourth-order valence-electron chi connectivity index (χ4n) is 3.25. The van der Waals surface area contributed by atoms with Crippen molar-refractivity contribution < 1.29 is 9.59 Å². The molecule has 0 heterocycles. The van der Waals surface area contributed by atoms with Gasteiger partial charge in [0.05, 0.1) is 6.54 Å². The Morgan fingerprint density at radius 1 is 1.25 bits per heavy atom. The number of hydrogen-bond donors (Lipinski definition) is 2. The predicted molar refractivity (Wildman–Crippen MR) is 99.4 cm³/mol. The topological polar surface area (TPSA) is 75.4 Å². The quantitative estimate of drug-likeness (QED) is 0.873. The Bertz CT molecular complexity index is 571. The van der Waals surface area contributed by atoms with Gasteiger partial charge in [-0.25, -0.2) is 0 Å². The van der Waals surface area contributed by atoms with Gasteiger partial charge in [0.25, 0.3) is 0 Å². The number of aryl methyl sites for hydroxylation is 2. The molecule has 0 bridgehead atoms. The van der Waals surface area contributed by atoms with Crippen LogP contribution in [0.25, 0.3) is 0 Å². The first-order valence-electron chi connectivity index (χ1n) is 8.25. The summed E-state index contributed by atoms with van der Waals surface area (Å²) in [6, 6.07) is 5.99. The molecule has 5 nitrogen and oxygen atoms in total. The van der Waals surface area contributed by atoms with Crippen LogP contribution >= 0.6 is 12.4 Å². The number of nitrogens with one attached hydrogen (secondary N) is 1. The normalized spacial score (nSPS) is 20.0. The van der Waals surface area contributed by atoms with E-state index in [1.165, 1.54) is 4.90 Å². The molecule has 1 aliphatic rings. The Morgan fingerprint density at radius 3 is 2.46 bits per heavy atom. The van der Waals surface area contributed by atoms with Crippen molar-refractivity contribution in [3.63, 3.8) is 0 Å². The minimum Gasteiger partial charge on any atom is -0.336 e. The van der Waals surface area contributed by atoms with E-state index < -0.39 is 0 Å². The highest BCUT2D eigenvalue weighted by Crippen LogP contribution is 2.25. The highest BCUT2D eigenvalue weighted by molar-refractivity contribution is 5.95. The highest BCUT2D eigenvalue weighted by Gasteiger charge is 2.28. The summed E-state index contributed by atoms with van der Waals surface area (Å²) in [5.41, 5.74) is 8.82. The molecule has 1 aromatic rings. The van der Waals surface area contributed by atoms with Gasteiger partial charge in [0.1, 0.15) is 0 Å². The molecule has 2 unspecified atom stereocenters. The molecule has 0 radical (unpaired) electrons. The predicted octanol–water partition coefficient (Wildman–Crippen LogP) is 2.64. The van der Waals surface area contributed by atoms with Gasteiger partial charge in [0.15, 0.2) is 0 Å². The maximum Gasteiger partial charge on any atom is 0.243 e. The third-order valence-corrected chi connectivity index (χ3v) is 4.57. The van der Waals surface area contributed by atoms with E-state index in [0.717, 1.165) is 42.5 Å². The first-order valence-corrected chi connectivity index (χ1v) is 8.25. The van der Waals surface area contributed by atoms with Crippen molar-refractivity contribution in [1.82, 2.24) is 4.90 Å². The van der Waals surface area contributed by atoms with Gasteiger partial charge >= 0.3 is 0 Å². The average Bonchev–Trinajstić information content (AvgIpc) is 2.50. The third kappa shape index (κ3) is 5.21. The van der Waals surface area contributed by atoms with Crippen LogP contribution in [0.5, 0.6) is 0 Å². The number of likely N-dealkylation sites (N-methyl/N-ethyl adjacent to an activating group) is 1. The average molecular weight is 354 g/mol. The van der Waals surface area contributed by atoms with Crippen LogP contribution in [0.1, 0.15) is 36.8 Å². The van der Waals surface area contributed by atoms with Crippen LogP contribution in [0, 0.1) is 19.8 Å². The summed E-state index contributed by atoms with van der Waals surface area (Å²) in [5, 5.41) is 2.92. The van der Waals surface area contributed by atoms with Gasteiger partial charge in [0.2, 0.25) is 11.8 Å². The van der Waals surface area contributed by atoms with E-state index in [2.05, 4.69) is 5.32 Å². The van der Waals surface area contributed by atoms with E-state index in [1.807, 2.05) is 32.0 Å². The van der Waals surface area contributed by atoms with Crippen LogP contribution in [0.3, 0.4) is 0 Å². The second kappa shape index (κ2) is 9.04. The second-order valence-corrected chi connectivity index (χ2v) is 6.63. The zero-order valence-corrected chi connectivity index (χ0v) is 15.5. The lowest BCUT2D eigenvalue weighted by Gasteiger charge is -2.29. The Hall–Kier alpha value is -1.59. The van der Waals surface area contributed by atoms with Crippen molar-refractivity contribution in [3.8, 4) is 0 Å². The SMILES string of the molecule is Cc1cccc(C)c1NC(=O)CN(C)C(=O)C1CCCC(N)C1.Cl. The van der Waals surface area contributed by atoms with Crippen LogP contribution in [0.2, 0.25) is 0 Å². The molecular formula is C18H28ClN3O2. The van der Waals surface area contributed by atoms with E-state index in [0.29, 0.717) is 0 Å². The van der Waals surface area contributed by atoms with Crippen molar-refractivity contribution in [2.75, 3.05) is 18.9 Å². The van der Waals surface area contributed by atoms with Gasteiger partial charge in [0, 0.05) is 24.7 Å². The van der Waals surface area contributed by atoms with Gasteiger partial charge in [-0.1, -0.05) is 24.6 Å². The molecule has 0 saturated heterocycles. The van der Waals surface area contributed by atoms with Gasteiger partial charge in [-0.05, 0) is 44.2 Å². The van der Waals surface area contributed by atoms with Crippen molar-refractivity contribution in [2.45, 2.75) is 45.6 Å². The molecule has 6 heteroatoms. The highest BCUT2D eigenvalue weighted by atomic mass is 35.5. The minimum absolute atomic E-state index is 0. The van der Waals surface area contributed by atoms with Gasteiger partial charge in [-0.15, -0.1) is 12.4 Å². The zero-order chi connectivity index (χ0) is 17.0. The minimum atomic E-state index is -0.168. The maximum atomic E-state index is 12.5. The van der Waals surface area contributed by atoms with Crippen molar-refractivity contribution in [2.24, 2.45) is 11.7 Å². The molecule has 0 aliphatic heterocycles. The second-order valence-electron chi connectivity index (χ2n) is 6.63. The molecule has 1 aliphatic carbocycles. The fourth-order valence-corrected chi connectivity index (χ4v) is 3.25. The van der Waals surface area contributed by atoms with Crippen LogP contribution in [0.15, 0.2) is 18.2 Å². The van der Waals surface area contributed by atoms with Crippen molar-refractivity contribution in [1.29, 1.82) is 0 Å². The number of nitrogens with two attached hydrogens (primary N) is 1. The first kappa shape index (κ1) is 20.5. The van der Waals surface area contributed by atoms with Gasteiger partial charge in [-0.3, -0.25) is 9.59 Å². The van der Waals surface area contributed by atoms with Crippen LogP contribution in [-0.2, 0) is 9.59 Å². The van der Waals surface area contributed by atoms with E-state index >= 15 is 0 Å². The summed E-state index contributed by atoms with van der Waals surface area (Å²) in [4.78, 5) is 26.2. The Labute approximate surface area is 150 Å². The number of nitrogens with zero attached hydrogens (tertiary/aromatic N) is 1. The van der Waals surface area contributed by atoms with Crippen LogP contribution < -0.4 is 11.1 Å². The smallest absolute Gasteiger partial charge is 0.243 e. The molecule has 134 valence electrons. The molecule has 1 saturated carbocycles. The lowest BCUT2D eigenvalue weighted by atomic mass is 9.85. The molecule has 1 aromatic carbocycles. The largest absolute Gasteiger partial charge is 0.336 e. The molecule has 2 rings (SSSR count). The monoisotopic (exact) mass is 353 g/mol. The summed E-state index contributed by atoms with van der Waals surface area (Å²) in [5.74, 6) is -0.188. The molecule has 2 amide bonds. The van der Waals surface area contributed by atoms with E-state index in [1.54, 1.807) is 7.05 Å². The molecule has 0 spiro atoms.